The highest BCUT2D eigenvalue weighted by Crippen LogP contribution is 2.32. The lowest BCUT2D eigenvalue weighted by Crippen LogP contribution is -2.41. The third kappa shape index (κ3) is 5.82. The molecule has 3 aromatic rings. The lowest BCUT2D eigenvalue weighted by Gasteiger charge is -2.26. The van der Waals surface area contributed by atoms with Crippen molar-refractivity contribution >= 4 is 21.6 Å². The summed E-state index contributed by atoms with van der Waals surface area (Å²) in [6.07, 6.45) is 0. The summed E-state index contributed by atoms with van der Waals surface area (Å²) in [6, 6.07) is 15.4. The molecule has 0 aromatic heterocycles. The number of carbonyl (C=O) groups is 1. The number of sulfonamides is 1. The van der Waals surface area contributed by atoms with Gasteiger partial charge in [-0.15, -0.1) is 0 Å². The van der Waals surface area contributed by atoms with Crippen molar-refractivity contribution in [3.05, 3.63) is 82.4 Å². The number of hydrogen-bond donors (Lipinski definition) is 1. The molecule has 0 saturated heterocycles. The normalized spacial score (nSPS) is 12.1. The van der Waals surface area contributed by atoms with E-state index in [1.165, 1.54) is 19.8 Å². The molecule has 3 rings (SSSR count). The molecule has 0 unspecified atom stereocenters. The van der Waals surface area contributed by atoms with E-state index in [1.54, 1.807) is 49.4 Å². The summed E-state index contributed by atoms with van der Waals surface area (Å²) < 4.78 is 39.6. The summed E-state index contributed by atoms with van der Waals surface area (Å²) in [6.45, 7) is 9.35. The summed E-state index contributed by atoms with van der Waals surface area (Å²) in [5, 5.41) is 2.97. The molecule has 1 amide bonds. The molecule has 192 valence electrons. The number of rotatable bonds is 9. The van der Waals surface area contributed by atoms with Crippen molar-refractivity contribution in [2.75, 3.05) is 25.1 Å². The first-order chi connectivity index (χ1) is 17.0. The van der Waals surface area contributed by atoms with Gasteiger partial charge in [-0.1, -0.05) is 24.3 Å². The molecule has 0 fully saturated rings. The van der Waals surface area contributed by atoms with Gasteiger partial charge in [0.15, 0.2) is 0 Å². The highest BCUT2D eigenvalue weighted by atomic mass is 32.2. The van der Waals surface area contributed by atoms with Gasteiger partial charge in [0.05, 0.1) is 25.9 Å². The molecule has 36 heavy (non-hydrogen) atoms. The second kappa shape index (κ2) is 11.0. The topological polar surface area (TPSA) is 84.9 Å². The van der Waals surface area contributed by atoms with Crippen LogP contribution >= 0.6 is 0 Å². The quantitative estimate of drug-likeness (QED) is 0.437. The first-order valence-electron chi connectivity index (χ1n) is 11.7. The van der Waals surface area contributed by atoms with Gasteiger partial charge in [-0.05, 0) is 86.7 Å². The van der Waals surface area contributed by atoms with E-state index in [1.807, 2.05) is 27.7 Å². The van der Waals surface area contributed by atoms with E-state index >= 15 is 0 Å². The number of methoxy groups -OCH3 is 2. The second-order valence-corrected chi connectivity index (χ2v) is 10.8. The van der Waals surface area contributed by atoms with Crippen LogP contribution in [0, 0.1) is 27.7 Å². The Morgan fingerprint density at radius 3 is 2.28 bits per heavy atom. The largest absolute Gasteiger partial charge is 0.497 e. The highest BCUT2D eigenvalue weighted by Gasteiger charge is 2.31. The maximum atomic E-state index is 13.9. The van der Waals surface area contributed by atoms with Gasteiger partial charge in [0, 0.05) is 6.07 Å². The number of benzene rings is 3. The molecule has 3 aromatic carbocycles. The van der Waals surface area contributed by atoms with Crippen LogP contribution < -0.4 is 19.1 Å². The maximum Gasteiger partial charge on any atom is 0.268 e. The highest BCUT2D eigenvalue weighted by molar-refractivity contribution is 7.93. The molecule has 1 N–H and O–H groups in total. The summed E-state index contributed by atoms with van der Waals surface area (Å²) >= 11 is 0. The SMILES string of the molecule is COc1cccc(N(CC(=O)N[C@H](C)c2cc(C)c(C)cc2C)S(=O)(=O)c2cc(C)ccc2OC)c1. The molecular formula is C28H34N2O5S. The third-order valence-corrected chi connectivity index (χ3v) is 8.04. The van der Waals surface area contributed by atoms with E-state index in [4.69, 9.17) is 9.47 Å². The van der Waals surface area contributed by atoms with Crippen LogP contribution in [0.2, 0.25) is 0 Å². The van der Waals surface area contributed by atoms with E-state index in [9.17, 15) is 13.2 Å². The summed E-state index contributed by atoms with van der Waals surface area (Å²) in [5.41, 5.74) is 5.42. The van der Waals surface area contributed by atoms with E-state index in [0.29, 0.717) is 11.4 Å². The molecule has 1 atom stereocenters. The first kappa shape index (κ1) is 27.1. The van der Waals surface area contributed by atoms with Gasteiger partial charge < -0.3 is 14.8 Å². The number of hydrogen-bond acceptors (Lipinski definition) is 5. The van der Waals surface area contributed by atoms with Crippen LogP contribution in [-0.2, 0) is 14.8 Å². The van der Waals surface area contributed by atoms with Crippen LogP contribution in [0.25, 0.3) is 0 Å². The Morgan fingerprint density at radius 1 is 0.917 bits per heavy atom. The molecule has 0 radical (unpaired) electrons. The van der Waals surface area contributed by atoms with Crippen LogP contribution in [0.5, 0.6) is 11.5 Å². The average molecular weight is 511 g/mol. The van der Waals surface area contributed by atoms with Gasteiger partial charge in [0.1, 0.15) is 22.9 Å². The molecule has 0 bridgehead atoms. The predicted molar refractivity (Wildman–Crippen MR) is 142 cm³/mol. The van der Waals surface area contributed by atoms with E-state index in [2.05, 4.69) is 17.4 Å². The van der Waals surface area contributed by atoms with Crippen molar-refractivity contribution in [2.24, 2.45) is 0 Å². The predicted octanol–water partition coefficient (Wildman–Crippen LogP) is 5.01. The van der Waals surface area contributed by atoms with Crippen molar-refractivity contribution in [1.82, 2.24) is 5.32 Å². The summed E-state index contributed by atoms with van der Waals surface area (Å²) in [4.78, 5) is 13.2. The van der Waals surface area contributed by atoms with Crippen LogP contribution in [0.3, 0.4) is 0 Å². The summed E-state index contributed by atoms with van der Waals surface area (Å²) in [7, 11) is -1.25. The Balaban J connectivity index is 2.00. The van der Waals surface area contributed by atoms with E-state index < -0.39 is 22.5 Å². The Labute approximate surface area is 214 Å². The maximum absolute atomic E-state index is 13.9. The molecule has 0 aliphatic carbocycles. The molecule has 0 saturated carbocycles. The van der Waals surface area contributed by atoms with Gasteiger partial charge in [-0.3, -0.25) is 9.10 Å². The minimum absolute atomic E-state index is 0.0151. The smallest absolute Gasteiger partial charge is 0.268 e. The second-order valence-electron chi connectivity index (χ2n) is 8.95. The molecule has 0 spiro atoms. The Bertz CT molecular complexity index is 1370. The number of aryl methyl sites for hydroxylation is 4. The van der Waals surface area contributed by atoms with Crippen molar-refractivity contribution in [2.45, 2.75) is 45.6 Å². The van der Waals surface area contributed by atoms with Crippen LogP contribution in [0.1, 0.15) is 40.8 Å². The minimum Gasteiger partial charge on any atom is -0.497 e. The monoisotopic (exact) mass is 510 g/mol. The molecular weight excluding hydrogens is 476 g/mol. The standard InChI is InChI=1S/C28H34N2O5S/c1-18-11-12-26(35-7)27(13-18)36(32,33)30(23-9-8-10-24(16-23)34-6)17-28(31)29-22(5)25-15-20(3)19(2)14-21(25)4/h8-16,22H,17H2,1-7H3,(H,29,31)/t22-/m1/s1. The minimum atomic E-state index is -4.17. The van der Waals surface area contributed by atoms with Gasteiger partial charge in [0.2, 0.25) is 5.91 Å². The Morgan fingerprint density at radius 2 is 1.61 bits per heavy atom. The van der Waals surface area contributed by atoms with Crippen molar-refractivity contribution in [3.8, 4) is 11.5 Å². The fraction of sp³-hybridized carbons (Fsp3) is 0.321. The number of nitrogens with one attached hydrogen (secondary N) is 1. The van der Waals surface area contributed by atoms with E-state index in [-0.39, 0.29) is 16.7 Å². The number of amides is 1. The molecule has 7 nitrogen and oxygen atoms in total. The van der Waals surface area contributed by atoms with Gasteiger partial charge in [0.25, 0.3) is 10.0 Å². The first-order valence-corrected chi connectivity index (χ1v) is 13.1. The zero-order valence-corrected chi connectivity index (χ0v) is 22.7. The Kier molecular flexibility index (Phi) is 8.30. The van der Waals surface area contributed by atoms with Gasteiger partial charge in [-0.25, -0.2) is 8.42 Å². The Hall–Kier alpha value is -3.52. The van der Waals surface area contributed by atoms with Crippen LogP contribution in [0.4, 0.5) is 5.69 Å². The fourth-order valence-corrected chi connectivity index (χ4v) is 5.79. The lowest BCUT2D eigenvalue weighted by molar-refractivity contribution is -0.120. The molecule has 0 aliphatic heterocycles. The lowest BCUT2D eigenvalue weighted by atomic mass is 9.96. The van der Waals surface area contributed by atoms with Gasteiger partial charge in [-0.2, -0.15) is 0 Å². The van der Waals surface area contributed by atoms with Crippen molar-refractivity contribution < 1.29 is 22.7 Å². The molecule has 0 aliphatic rings. The van der Waals surface area contributed by atoms with Crippen molar-refractivity contribution in [3.63, 3.8) is 0 Å². The number of ether oxygens (including phenoxy) is 2. The number of nitrogens with zero attached hydrogens (tertiary/aromatic N) is 1. The fourth-order valence-electron chi connectivity index (χ4n) is 4.13. The van der Waals surface area contributed by atoms with Crippen molar-refractivity contribution in [1.29, 1.82) is 0 Å². The zero-order valence-electron chi connectivity index (χ0n) is 21.9. The summed E-state index contributed by atoms with van der Waals surface area (Å²) in [5.74, 6) is 0.245. The third-order valence-electron chi connectivity index (χ3n) is 6.24. The van der Waals surface area contributed by atoms with Crippen LogP contribution in [-0.4, -0.2) is 35.1 Å². The van der Waals surface area contributed by atoms with E-state index in [0.717, 1.165) is 26.6 Å². The number of anilines is 1. The average Bonchev–Trinajstić information content (AvgIpc) is 2.84. The number of carbonyl (C=O) groups excluding carboxylic acids is 1. The van der Waals surface area contributed by atoms with Crippen LogP contribution in [0.15, 0.2) is 59.5 Å². The van der Waals surface area contributed by atoms with Gasteiger partial charge >= 0.3 is 0 Å². The zero-order chi connectivity index (χ0) is 26.6. The molecule has 8 heteroatoms. The molecule has 0 heterocycles.